The summed E-state index contributed by atoms with van der Waals surface area (Å²) in [5.74, 6) is -2.25. The zero-order valence-corrected chi connectivity index (χ0v) is 12.2. The molecule has 0 aromatic rings. The molecular formula is C13H21N3O5. The number of aliphatic carboxylic acids is 2. The topological polar surface area (TPSA) is 131 Å². The van der Waals surface area contributed by atoms with Gasteiger partial charge in [0.25, 0.3) is 0 Å². The Hall–Kier alpha value is -2.30. The van der Waals surface area contributed by atoms with Crippen molar-refractivity contribution >= 4 is 18.0 Å². The molecule has 1 atom stereocenters. The van der Waals surface area contributed by atoms with Crippen LogP contribution in [0, 0.1) is 17.2 Å². The van der Waals surface area contributed by atoms with Gasteiger partial charge in [0.2, 0.25) is 0 Å². The molecule has 0 aliphatic carbocycles. The molecule has 0 aliphatic rings. The normalized spacial score (nSPS) is 11.5. The van der Waals surface area contributed by atoms with E-state index in [9.17, 15) is 14.4 Å². The highest BCUT2D eigenvalue weighted by molar-refractivity contribution is 5.83. The number of carboxylic acid groups (broad SMARTS) is 2. The van der Waals surface area contributed by atoms with Gasteiger partial charge in [0.15, 0.2) is 0 Å². The van der Waals surface area contributed by atoms with Crippen LogP contribution < -0.4 is 5.32 Å². The molecule has 21 heavy (non-hydrogen) atoms. The third kappa shape index (κ3) is 8.47. The van der Waals surface area contributed by atoms with Gasteiger partial charge in [-0.15, -0.1) is 0 Å². The number of hydrogen-bond donors (Lipinski definition) is 3. The van der Waals surface area contributed by atoms with Crippen LogP contribution in [0.5, 0.6) is 0 Å². The molecule has 0 aromatic carbocycles. The van der Waals surface area contributed by atoms with Crippen molar-refractivity contribution in [3.63, 3.8) is 0 Å². The van der Waals surface area contributed by atoms with Gasteiger partial charge in [-0.2, -0.15) is 5.26 Å². The highest BCUT2D eigenvalue weighted by Gasteiger charge is 2.24. The second-order valence-electron chi connectivity index (χ2n) is 5.02. The summed E-state index contributed by atoms with van der Waals surface area (Å²) in [5, 5.41) is 28.4. The van der Waals surface area contributed by atoms with Crippen LogP contribution in [0.4, 0.5) is 4.79 Å². The van der Waals surface area contributed by atoms with Crippen LogP contribution >= 0.6 is 0 Å². The fourth-order valence-electron chi connectivity index (χ4n) is 1.67. The van der Waals surface area contributed by atoms with E-state index < -0.39 is 24.0 Å². The van der Waals surface area contributed by atoms with Crippen molar-refractivity contribution in [3.05, 3.63) is 0 Å². The van der Waals surface area contributed by atoms with Gasteiger partial charge in [-0.05, 0) is 12.3 Å². The van der Waals surface area contributed by atoms with Crippen LogP contribution in [0.2, 0.25) is 0 Å². The zero-order chi connectivity index (χ0) is 16.4. The molecule has 2 amide bonds. The Kier molecular flexibility index (Phi) is 8.53. The van der Waals surface area contributed by atoms with Crippen LogP contribution in [0.1, 0.15) is 33.1 Å². The molecule has 0 saturated carbocycles. The quantitative estimate of drug-likeness (QED) is 0.579. The number of hydrogen-bond acceptors (Lipinski definition) is 4. The lowest BCUT2D eigenvalue weighted by Gasteiger charge is -2.25. The standard InChI is InChI=1S/C13H21N3O5/c1-9(2)8-16(7-3-6-14)13(21)15-10(12(19)20)4-5-11(17)18/h9-10H,3-5,7-8H2,1-2H3,(H,15,21)(H,17,18)(H,19,20)/t10-/m0/s1. The molecule has 0 radical (unpaired) electrons. The Morgan fingerprint density at radius 3 is 2.33 bits per heavy atom. The average molecular weight is 299 g/mol. The van der Waals surface area contributed by atoms with Crippen LogP contribution in [-0.4, -0.2) is 52.2 Å². The minimum Gasteiger partial charge on any atom is -0.481 e. The predicted molar refractivity (Wildman–Crippen MR) is 73.5 cm³/mol. The summed E-state index contributed by atoms with van der Waals surface area (Å²) in [6.45, 7) is 4.38. The number of nitrogens with one attached hydrogen (secondary N) is 1. The molecule has 0 spiro atoms. The van der Waals surface area contributed by atoms with Crippen molar-refractivity contribution < 1.29 is 24.6 Å². The van der Waals surface area contributed by atoms with E-state index in [-0.39, 0.29) is 31.7 Å². The molecule has 8 heteroatoms. The molecule has 0 rings (SSSR count). The van der Waals surface area contributed by atoms with Gasteiger partial charge in [0, 0.05) is 19.5 Å². The van der Waals surface area contributed by atoms with Crippen molar-refractivity contribution in [2.24, 2.45) is 5.92 Å². The Balaban J connectivity index is 4.69. The first-order valence-corrected chi connectivity index (χ1v) is 6.64. The van der Waals surface area contributed by atoms with E-state index >= 15 is 0 Å². The summed E-state index contributed by atoms with van der Waals surface area (Å²) in [5.41, 5.74) is 0. The predicted octanol–water partition coefficient (Wildman–Crippen LogP) is 0.886. The molecule has 0 saturated heterocycles. The maximum absolute atomic E-state index is 12.0. The summed E-state index contributed by atoms with van der Waals surface area (Å²) in [4.78, 5) is 34.9. The number of amides is 2. The van der Waals surface area contributed by atoms with E-state index in [2.05, 4.69) is 5.32 Å². The number of carboxylic acids is 2. The highest BCUT2D eigenvalue weighted by Crippen LogP contribution is 2.04. The smallest absolute Gasteiger partial charge is 0.326 e. The van der Waals surface area contributed by atoms with Crippen molar-refractivity contribution in [2.45, 2.75) is 39.2 Å². The Labute approximate surface area is 123 Å². The summed E-state index contributed by atoms with van der Waals surface area (Å²) in [6.07, 6.45) is -0.392. The number of rotatable bonds is 9. The van der Waals surface area contributed by atoms with Crippen molar-refractivity contribution in [3.8, 4) is 6.07 Å². The van der Waals surface area contributed by atoms with E-state index in [4.69, 9.17) is 15.5 Å². The van der Waals surface area contributed by atoms with Gasteiger partial charge < -0.3 is 20.4 Å². The van der Waals surface area contributed by atoms with E-state index in [0.717, 1.165) is 0 Å². The third-order valence-corrected chi connectivity index (χ3v) is 2.61. The van der Waals surface area contributed by atoms with Crippen LogP contribution in [-0.2, 0) is 9.59 Å². The number of carbonyl (C=O) groups is 3. The van der Waals surface area contributed by atoms with Crippen LogP contribution in [0.25, 0.3) is 0 Å². The Morgan fingerprint density at radius 2 is 1.90 bits per heavy atom. The van der Waals surface area contributed by atoms with Gasteiger partial charge in [0.1, 0.15) is 6.04 Å². The first-order valence-electron chi connectivity index (χ1n) is 6.64. The van der Waals surface area contributed by atoms with Gasteiger partial charge in [0.05, 0.1) is 12.5 Å². The average Bonchev–Trinajstić information content (AvgIpc) is 2.37. The second kappa shape index (κ2) is 9.58. The second-order valence-corrected chi connectivity index (χ2v) is 5.02. The molecule has 0 unspecified atom stereocenters. The lowest BCUT2D eigenvalue weighted by Crippen LogP contribution is -2.49. The Bertz CT molecular complexity index is 417. The fourth-order valence-corrected chi connectivity index (χ4v) is 1.67. The van der Waals surface area contributed by atoms with E-state index in [0.29, 0.717) is 6.54 Å². The van der Waals surface area contributed by atoms with Gasteiger partial charge in [-0.3, -0.25) is 4.79 Å². The fraction of sp³-hybridized carbons (Fsp3) is 0.692. The molecule has 118 valence electrons. The van der Waals surface area contributed by atoms with Crippen molar-refractivity contribution in [1.82, 2.24) is 10.2 Å². The molecule has 0 aliphatic heterocycles. The number of nitrogens with zero attached hydrogens (tertiary/aromatic N) is 2. The number of urea groups is 1. The third-order valence-electron chi connectivity index (χ3n) is 2.61. The molecule has 0 bridgehead atoms. The maximum Gasteiger partial charge on any atom is 0.326 e. The zero-order valence-electron chi connectivity index (χ0n) is 12.2. The SMILES string of the molecule is CC(C)CN(CCC#N)C(=O)N[C@@H](CCC(=O)O)C(=O)O. The maximum atomic E-state index is 12.0. The molecule has 3 N–H and O–H groups in total. The lowest BCUT2D eigenvalue weighted by molar-refractivity contribution is -0.140. The summed E-state index contributed by atoms with van der Waals surface area (Å²) >= 11 is 0. The summed E-state index contributed by atoms with van der Waals surface area (Å²) in [7, 11) is 0. The molecule has 8 nitrogen and oxygen atoms in total. The first-order chi connectivity index (χ1) is 9.77. The lowest BCUT2D eigenvalue weighted by atomic mass is 10.1. The Morgan fingerprint density at radius 1 is 1.29 bits per heavy atom. The van der Waals surface area contributed by atoms with E-state index in [1.54, 1.807) is 0 Å². The van der Waals surface area contributed by atoms with E-state index in [1.807, 2.05) is 19.9 Å². The summed E-state index contributed by atoms with van der Waals surface area (Å²) < 4.78 is 0. The number of nitriles is 1. The highest BCUT2D eigenvalue weighted by atomic mass is 16.4. The van der Waals surface area contributed by atoms with Gasteiger partial charge in [-0.25, -0.2) is 9.59 Å². The molecule has 0 fully saturated rings. The van der Waals surface area contributed by atoms with Crippen LogP contribution in [0.15, 0.2) is 0 Å². The monoisotopic (exact) mass is 299 g/mol. The van der Waals surface area contributed by atoms with E-state index in [1.165, 1.54) is 4.90 Å². The first kappa shape index (κ1) is 18.7. The van der Waals surface area contributed by atoms with Gasteiger partial charge >= 0.3 is 18.0 Å². The van der Waals surface area contributed by atoms with Crippen LogP contribution in [0.3, 0.4) is 0 Å². The van der Waals surface area contributed by atoms with Gasteiger partial charge in [-0.1, -0.05) is 13.8 Å². The van der Waals surface area contributed by atoms with Crippen molar-refractivity contribution in [2.75, 3.05) is 13.1 Å². The summed E-state index contributed by atoms with van der Waals surface area (Å²) in [6, 6.07) is 0.0676. The minimum absolute atomic E-state index is 0.146. The largest absolute Gasteiger partial charge is 0.481 e. The molecule has 0 aromatic heterocycles. The number of carbonyl (C=O) groups excluding carboxylic acids is 1. The van der Waals surface area contributed by atoms with Crippen molar-refractivity contribution in [1.29, 1.82) is 5.26 Å². The minimum atomic E-state index is -1.28. The molecule has 0 heterocycles. The molecular weight excluding hydrogens is 278 g/mol.